The molecule has 262 valence electrons. The van der Waals surface area contributed by atoms with Crippen molar-refractivity contribution in [1.29, 1.82) is 0 Å². The summed E-state index contributed by atoms with van der Waals surface area (Å²) in [6.07, 6.45) is 0. The highest BCUT2D eigenvalue weighted by atomic mass is 35.5. The van der Waals surface area contributed by atoms with Crippen molar-refractivity contribution in [1.82, 2.24) is 15.0 Å². The van der Waals surface area contributed by atoms with Gasteiger partial charge in [0.15, 0.2) is 5.75 Å². The van der Waals surface area contributed by atoms with Crippen molar-refractivity contribution in [3.05, 3.63) is 72.0 Å². The molecular formula is C25H18ClN7O13S4. The average Bonchev–Trinajstić information content (AvgIpc) is 2.99. The van der Waals surface area contributed by atoms with Crippen molar-refractivity contribution in [2.45, 2.75) is 19.6 Å². The number of nitrogens with one attached hydrogen (secondary N) is 2. The average molecular weight is 788 g/mol. The van der Waals surface area contributed by atoms with Crippen LogP contribution in [0.25, 0.3) is 10.8 Å². The first-order valence-corrected chi connectivity index (χ1v) is 19.1. The van der Waals surface area contributed by atoms with Gasteiger partial charge in [-0.05, 0) is 54.1 Å². The van der Waals surface area contributed by atoms with E-state index in [4.69, 9.17) is 11.6 Å². The van der Waals surface area contributed by atoms with E-state index in [0.29, 0.717) is 18.2 Å². The van der Waals surface area contributed by atoms with Gasteiger partial charge in [-0.3, -0.25) is 18.2 Å². The molecule has 0 bridgehead atoms. The first-order valence-electron chi connectivity index (χ1n) is 12.9. The normalized spacial score (nSPS) is 12.7. The maximum Gasteiger partial charge on any atom is 0.296 e. The van der Waals surface area contributed by atoms with Crippen LogP contribution in [0.3, 0.4) is 0 Å². The number of rotatable bonds is 10. The highest BCUT2D eigenvalue weighted by Gasteiger charge is 2.23. The van der Waals surface area contributed by atoms with Crippen molar-refractivity contribution in [2.24, 2.45) is 10.2 Å². The van der Waals surface area contributed by atoms with Gasteiger partial charge in [-0.1, -0.05) is 24.3 Å². The molecule has 0 saturated heterocycles. The molecule has 50 heavy (non-hydrogen) atoms. The largest absolute Gasteiger partial charge is 0.505 e. The fraction of sp³-hybridized carbons (Fsp3) is 0. The summed E-state index contributed by atoms with van der Waals surface area (Å²) in [5.74, 6) is -1.53. The van der Waals surface area contributed by atoms with E-state index in [2.05, 4.69) is 35.8 Å². The number of phenols is 1. The van der Waals surface area contributed by atoms with Crippen molar-refractivity contribution >= 4 is 97.5 Å². The molecule has 0 fully saturated rings. The third-order valence-electron chi connectivity index (χ3n) is 6.38. The van der Waals surface area contributed by atoms with Crippen LogP contribution >= 0.6 is 11.6 Å². The lowest BCUT2D eigenvalue weighted by atomic mass is 10.1. The first kappa shape index (κ1) is 36.4. The molecule has 0 aliphatic carbocycles. The molecule has 5 rings (SSSR count). The Balaban J connectivity index is 1.51. The highest BCUT2D eigenvalue weighted by Crippen LogP contribution is 2.40. The third kappa shape index (κ3) is 8.09. The smallest absolute Gasteiger partial charge is 0.296 e. The van der Waals surface area contributed by atoms with Crippen LogP contribution in [0.15, 0.2) is 96.5 Å². The SMILES string of the molecule is O=S(=O)(O)c1ccc(S(=O)(=O)O)c(Nc2nc(Cl)nc(Nc3ccc(N=Nc4cc(S(=O)(=O)O)c5ccccc5c4O)c(S(=O)(=O)O)c3)n2)c1. The Morgan fingerprint density at radius 1 is 0.580 bits per heavy atom. The molecule has 0 atom stereocenters. The lowest BCUT2D eigenvalue weighted by Crippen LogP contribution is -2.09. The first-order chi connectivity index (χ1) is 23.1. The van der Waals surface area contributed by atoms with E-state index in [1.807, 2.05) is 0 Å². The van der Waals surface area contributed by atoms with E-state index in [1.165, 1.54) is 30.3 Å². The molecule has 0 radical (unpaired) electrons. The van der Waals surface area contributed by atoms with Crippen LogP contribution in [0.2, 0.25) is 5.28 Å². The second-order valence-electron chi connectivity index (χ2n) is 9.73. The van der Waals surface area contributed by atoms with Gasteiger partial charge < -0.3 is 15.7 Å². The minimum absolute atomic E-state index is 0.0312. The van der Waals surface area contributed by atoms with E-state index < -0.39 is 100 Å². The molecule has 5 aromatic rings. The van der Waals surface area contributed by atoms with Crippen LogP contribution in [-0.2, 0) is 40.5 Å². The van der Waals surface area contributed by atoms with Crippen LogP contribution < -0.4 is 10.6 Å². The number of halogens is 1. The Labute approximate surface area is 286 Å². The topological polar surface area (TPSA) is 325 Å². The van der Waals surface area contributed by atoms with Crippen LogP contribution in [-0.4, -0.2) is 71.9 Å². The summed E-state index contributed by atoms with van der Waals surface area (Å²) in [5.41, 5.74) is -1.75. The summed E-state index contributed by atoms with van der Waals surface area (Å²) in [6, 6.07) is 11.4. The summed E-state index contributed by atoms with van der Waals surface area (Å²) in [7, 11) is -19.7. The lowest BCUT2D eigenvalue weighted by Gasteiger charge is -2.12. The van der Waals surface area contributed by atoms with Crippen LogP contribution in [0.4, 0.5) is 34.6 Å². The summed E-state index contributed by atoms with van der Waals surface area (Å²) in [6.45, 7) is 0. The monoisotopic (exact) mass is 787 g/mol. The molecule has 0 aliphatic heterocycles. The number of nitrogens with zero attached hydrogens (tertiary/aromatic N) is 5. The van der Waals surface area contributed by atoms with Gasteiger partial charge in [-0.25, -0.2) is 0 Å². The van der Waals surface area contributed by atoms with E-state index in [0.717, 1.165) is 18.2 Å². The second kappa shape index (κ2) is 13.1. The number of phenolic OH excluding ortho intramolecular Hbond substituents is 1. The maximum atomic E-state index is 12.3. The highest BCUT2D eigenvalue weighted by molar-refractivity contribution is 7.86. The minimum atomic E-state index is -5.05. The third-order valence-corrected chi connectivity index (χ3v) is 10.1. The Hall–Kier alpha value is -4.92. The van der Waals surface area contributed by atoms with Crippen LogP contribution in [0.1, 0.15) is 0 Å². The zero-order valence-electron chi connectivity index (χ0n) is 24.1. The molecular weight excluding hydrogens is 770 g/mol. The van der Waals surface area contributed by atoms with Crippen molar-refractivity contribution in [3.63, 3.8) is 0 Å². The number of azo groups is 1. The quantitative estimate of drug-likeness (QED) is 0.0767. The van der Waals surface area contributed by atoms with E-state index in [9.17, 15) is 57.0 Å². The lowest BCUT2D eigenvalue weighted by molar-refractivity contribution is 0.478. The van der Waals surface area contributed by atoms with Gasteiger partial charge in [0.05, 0.1) is 10.6 Å². The van der Waals surface area contributed by atoms with Gasteiger partial charge in [-0.15, -0.1) is 10.2 Å². The van der Waals surface area contributed by atoms with Crippen molar-refractivity contribution in [2.75, 3.05) is 10.6 Å². The van der Waals surface area contributed by atoms with Gasteiger partial charge in [-0.2, -0.15) is 48.6 Å². The predicted molar refractivity (Wildman–Crippen MR) is 173 cm³/mol. The Kier molecular flexibility index (Phi) is 9.51. The van der Waals surface area contributed by atoms with E-state index >= 15 is 0 Å². The Morgan fingerprint density at radius 3 is 1.76 bits per heavy atom. The fourth-order valence-corrected chi connectivity index (χ4v) is 6.96. The van der Waals surface area contributed by atoms with Crippen molar-refractivity contribution < 1.29 is 57.0 Å². The Morgan fingerprint density at radius 2 is 1.16 bits per heavy atom. The molecule has 0 amide bonds. The van der Waals surface area contributed by atoms with Gasteiger partial charge in [0, 0.05) is 16.5 Å². The zero-order chi connectivity index (χ0) is 36.8. The van der Waals surface area contributed by atoms with Crippen molar-refractivity contribution in [3.8, 4) is 5.75 Å². The molecule has 4 aromatic carbocycles. The second-order valence-corrected chi connectivity index (χ2v) is 15.7. The zero-order valence-corrected chi connectivity index (χ0v) is 28.1. The molecule has 20 nitrogen and oxygen atoms in total. The standard InChI is InChI=1S/C25H18ClN7O13S4/c26-23-29-24(31-25(30-23)28-17-10-13(47(35,36)37)6-8-19(17)48(38,39)40)27-12-5-7-16(21(9-12)50(44,45)46)32-33-18-11-20(49(41,42)43)14-3-1-2-4-15(14)22(18)34/h1-11,34H,(H,35,36,37)(H,38,39,40)(H,41,42,43)(H,44,45,46)(H2,27,28,29,30,31). The van der Waals surface area contributed by atoms with E-state index in [1.54, 1.807) is 0 Å². The number of hydrogen-bond donors (Lipinski definition) is 7. The molecule has 0 spiro atoms. The van der Waals surface area contributed by atoms with Gasteiger partial charge >= 0.3 is 0 Å². The maximum absolute atomic E-state index is 12.3. The number of benzene rings is 4. The fourth-order valence-electron chi connectivity index (χ4n) is 4.29. The number of fused-ring (bicyclic) bond motifs is 1. The van der Waals surface area contributed by atoms with Gasteiger partial charge in [0.2, 0.25) is 17.2 Å². The summed E-state index contributed by atoms with van der Waals surface area (Å²) < 4.78 is 134. The van der Waals surface area contributed by atoms with E-state index in [-0.39, 0.29) is 16.5 Å². The molecule has 0 unspecified atom stereocenters. The molecule has 7 N–H and O–H groups in total. The number of aromatic nitrogens is 3. The molecule has 0 aliphatic rings. The summed E-state index contributed by atoms with van der Waals surface area (Å²) in [5, 5.41) is 22.4. The van der Waals surface area contributed by atoms with Gasteiger partial charge in [0.1, 0.15) is 26.1 Å². The predicted octanol–water partition coefficient (Wildman–Crippen LogP) is 4.27. The summed E-state index contributed by atoms with van der Waals surface area (Å²) in [4.78, 5) is 8.34. The Bertz CT molecular complexity index is 2690. The summed E-state index contributed by atoms with van der Waals surface area (Å²) >= 11 is 5.95. The number of hydrogen-bond acceptors (Lipinski definition) is 16. The molecule has 0 saturated carbocycles. The number of aromatic hydroxyl groups is 1. The molecule has 1 heterocycles. The molecule has 25 heteroatoms. The van der Waals surface area contributed by atoms with Crippen LogP contribution in [0.5, 0.6) is 5.75 Å². The van der Waals surface area contributed by atoms with Gasteiger partial charge in [0.25, 0.3) is 40.5 Å². The number of anilines is 4. The molecule has 1 aromatic heterocycles. The van der Waals surface area contributed by atoms with Crippen LogP contribution in [0, 0.1) is 0 Å². The minimum Gasteiger partial charge on any atom is -0.505 e.